The summed E-state index contributed by atoms with van der Waals surface area (Å²) in [5.41, 5.74) is 7.23. The van der Waals surface area contributed by atoms with Crippen molar-refractivity contribution in [3.05, 3.63) is 58.9 Å². The van der Waals surface area contributed by atoms with Crippen LogP contribution in [0, 0.1) is 5.82 Å². The summed E-state index contributed by atoms with van der Waals surface area (Å²) < 4.78 is 14.4. The molecule has 0 aliphatic carbocycles. The molecule has 1 unspecified atom stereocenters. The number of pyridine rings is 1. The Labute approximate surface area is 166 Å². The van der Waals surface area contributed by atoms with Gasteiger partial charge in [-0.05, 0) is 25.1 Å². The number of aromatic nitrogens is 3. The number of aromatic amines is 1. The molecule has 144 valence electrons. The zero-order chi connectivity index (χ0) is 20.1. The highest BCUT2D eigenvalue weighted by molar-refractivity contribution is 6.33. The minimum Gasteiger partial charge on any atom is -0.364 e. The lowest BCUT2D eigenvalue weighted by atomic mass is 10.0. The highest BCUT2D eigenvalue weighted by Crippen LogP contribution is 2.33. The van der Waals surface area contributed by atoms with Gasteiger partial charge in [0.1, 0.15) is 34.5 Å². The Morgan fingerprint density at radius 1 is 1.25 bits per heavy atom. The maximum absolute atomic E-state index is 14.4. The van der Waals surface area contributed by atoms with Gasteiger partial charge in [0.2, 0.25) is 0 Å². The third-order valence-corrected chi connectivity index (χ3v) is 4.80. The third-order valence-electron chi connectivity index (χ3n) is 4.48. The molecule has 1 aromatic carbocycles. The fraction of sp³-hybridized carbons (Fsp3) is 0.211. The fourth-order valence-corrected chi connectivity index (χ4v) is 3.45. The number of fused-ring (bicyclic) bond motifs is 1. The Morgan fingerprint density at radius 2 is 2.04 bits per heavy atom. The number of benzene rings is 1. The molecule has 7 nitrogen and oxygen atoms in total. The zero-order valence-electron chi connectivity index (χ0n) is 15.6. The third kappa shape index (κ3) is 3.00. The normalized spacial score (nSPS) is 19.2. The molecule has 4 rings (SSSR count). The van der Waals surface area contributed by atoms with Crippen molar-refractivity contribution in [3.63, 3.8) is 0 Å². The van der Waals surface area contributed by atoms with E-state index >= 15 is 0 Å². The Bertz CT molecular complexity index is 1110. The molecule has 0 saturated heterocycles. The summed E-state index contributed by atoms with van der Waals surface area (Å²) in [6.07, 6.45) is 3.40. The minimum atomic E-state index is -1.22. The van der Waals surface area contributed by atoms with Crippen molar-refractivity contribution in [2.45, 2.75) is 12.6 Å². The molecule has 1 atom stereocenters. The number of hydrogen-bond donors (Lipinski definition) is 3. The highest BCUT2D eigenvalue weighted by atomic mass is 35.5. The smallest absolute Gasteiger partial charge is 0.177 e. The van der Waals surface area contributed by atoms with E-state index in [1.54, 1.807) is 30.5 Å². The number of halogens is 2. The predicted molar refractivity (Wildman–Crippen MR) is 108 cm³/mol. The molecular weight excluding hydrogens is 381 g/mol. The van der Waals surface area contributed by atoms with Crippen LogP contribution >= 0.6 is 11.6 Å². The molecule has 3 aromatic rings. The second-order valence-corrected chi connectivity index (χ2v) is 7.22. The van der Waals surface area contributed by atoms with E-state index in [9.17, 15) is 4.39 Å². The molecule has 9 heteroatoms. The van der Waals surface area contributed by atoms with Crippen LogP contribution in [0.1, 0.15) is 12.6 Å². The summed E-state index contributed by atoms with van der Waals surface area (Å²) in [6, 6.07) is 6.25. The van der Waals surface area contributed by atoms with E-state index in [0.717, 1.165) is 5.82 Å². The van der Waals surface area contributed by atoms with Crippen molar-refractivity contribution in [1.29, 1.82) is 0 Å². The maximum Gasteiger partial charge on any atom is 0.177 e. The first-order chi connectivity index (χ1) is 13.3. The van der Waals surface area contributed by atoms with Gasteiger partial charge in [-0.3, -0.25) is 10.7 Å². The topological polar surface area (TPSA) is 95.2 Å². The van der Waals surface area contributed by atoms with Gasteiger partial charge in [-0.15, -0.1) is 0 Å². The lowest BCUT2D eigenvalue weighted by Gasteiger charge is -2.31. The van der Waals surface area contributed by atoms with E-state index in [1.807, 2.05) is 25.9 Å². The van der Waals surface area contributed by atoms with E-state index in [2.05, 4.69) is 25.3 Å². The number of imidazole rings is 1. The molecule has 28 heavy (non-hydrogen) atoms. The summed E-state index contributed by atoms with van der Waals surface area (Å²) in [5, 5.41) is 3.43. The van der Waals surface area contributed by atoms with Gasteiger partial charge in [0.15, 0.2) is 5.66 Å². The van der Waals surface area contributed by atoms with E-state index in [0.29, 0.717) is 28.4 Å². The Balaban J connectivity index is 1.92. The van der Waals surface area contributed by atoms with Crippen molar-refractivity contribution in [1.82, 2.24) is 25.2 Å². The monoisotopic (exact) mass is 399 g/mol. The van der Waals surface area contributed by atoms with Crippen molar-refractivity contribution in [2.24, 2.45) is 10.7 Å². The molecule has 3 heterocycles. The van der Waals surface area contributed by atoms with Gasteiger partial charge < -0.3 is 15.2 Å². The van der Waals surface area contributed by atoms with Crippen LogP contribution in [0.15, 0.2) is 47.4 Å². The summed E-state index contributed by atoms with van der Waals surface area (Å²) in [4.78, 5) is 18.6. The number of nitrogens with zero attached hydrogens (tertiary/aromatic N) is 4. The van der Waals surface area contributed by atoms with Gasteiger partial charge in [0.25, 0.3) is 0 Å². The molecule has 0 fully saturated rings. The van der Waals surface area contributed by atoms with Gasteiger partial charge in [-0.2, -0.15) is 0 Å². The Morgan fingerprint density at radius 3 is 2.75 bits per heavy atom. The molecular formula is C19H19ClFN7. The molecule has 4 N–H and O–H groups in total. The molecule has 0 spiro atoms. The van der Waals surface area contributed by atoms with Gasteiger partial charge in [0.05, 0.1) is 16.1 Å². The van der Waals surface area contributed by atoms with Crippen LogP contribution in [0.5, 0.6) is 0 Å². The molecule has 0 saturated carbocycles. The number of H-pyrrole nitrogens is 1. The van der Waals surface area contributed by atoms with Gasteiger partial charge in [-0.25, -0.2) is 14.4 Å². The van der Waals surface area contributed by atoms with Crippen LogP contribution in [-0.2, 0) is 5.66 Å². The van der Waals surface area contributed by atoms with Crippen molar-refractivity contribution >= 4 is 28.5 Å². The summed E-state index contributed by atoms with van der Waals surface area (Å²) >= 11 is 6.20. The first kappa shape index (κ1) is 18.4. The molecule has 1 aliphatic rings. The minimum absolute atomic E-state index is 0.201. The standard InChI is InChI=1S/C19H19ClFN7/c1-10-24-14(28(2)3)9-19(22,27-10)17-16-13(7-8-23-17)25-18(26-16)15-11(20)5-4-6-12(15)21/h4-9H,22H2,1-3H3,(H,24,27)(H,25,26). The number of nitrogens with one attached hydrogen (secondary N) is 2. The lowest BCUT2D eigenvalue weighted by molar-refractivity contribution is 0.450. The van der Waals surface area contributed by atoms with Gasteiger partial charge in [-0.1, -0.05) is 17.7 Å². The number of rotatable bonds is 3. The largest absolute Gasteiger partial charge is 0.364 e. The number of aliphatic imine (C=N–C) groups is 1. The maximum atomic E-state index is 14.4. The predicted octanol–water partition coefficient (Wildman–Crippen LogP) is 2.95. The second kappa shape index (κ2) is 6.57. The SMILES string of the molecule is CC1=NC(N)(c2nccc3[nH]c(-c4c(F)cccc4Cl)nc23)C=C(N(C)C)N1. The molecule has 0 radical (unpaired) electrons. The van der Waals surface area contributed by atoms with Crippen molar-refractivity contribution in [3.8, 4) is 11.4 Å². The fourth-order valence-electron chi connectivity index (χ4n) is 3.20. The second-order valence-electron chi connectivity index (χ2n) is 6.81. The molecule has 0 amide bonds. The average Bonchev–Trinajstić information content (AvgIpc) is 3.04. The van der Waals surface area contributed by atoms with Crippen LogP contribution in [-0.4, -0.2) is 39.8 Å². The van der Waals surface area contributed by atoms with E-state index < -0.39 is 11.5 Å². The highest BCUT2D eigenvalue weighted by Gasteiger charge is 2.33. The summed E-state index contributed by atoms with van der Waals surface area (Å²) in [5.74, 6) is 1.29. The number of amidine groups is 1. The van der Waals surface area contributed by atoms with E-state index in [1.165, 1.54) is 6.07 Å². The average molecular weight is 400 g/mol. The quantitative estimate of drug-likeness (QED) is 0.629. The molecule has 0 bridgehead atoms. The van der Waals surface area contributed by atoms with Crippen LogP contribution in [0.3, 0.4) is 0 Å². The van der Waals surface area contributed by atoms with Crippen molar-refractivity contribution < 1.29 is 4.39 Å². The Hall–Kier alpha value is -2.97. The van der Waals surface area contributed by atoms with Crippen LogP contribution in [0.25, 0.3) is 22.4 Å². The van der Waals surface area contributed by atoms with Gasteiger partial charge >= 0.3 is 0 Å². The Kier molecular flexibility index (Phi) is 4.32. The molecule has 1 aliphatic heterocycles. The van der Waals surface area contributed by atoms with Crippen molar-refractivity contribution in [2.75, 3.05) is 14.1 Å². The zero-order valence-corrected chi connectivity index (χ0v) is 16.3. The van der Waals surface area contributed by atoms with Crippen LogP contribution in [0.2, 0.25) is 5.02 Å². The summed E-state index contributed by atoms with van der Waals surface area (Å²) in [7, 11) is 3.80. The first-order valence-electron chi connectivity index (χ1n) is 8.60. The van der Waals surface area contributed by atoms with E-state index in [4.69, 9.17) is 17.3 Å². The van der Waals surface area contributed by atoms with E-state index in [-0.39, 0.29) is 10.6 Å². The van der Waals surface area contributed by atoms with Gasteiger partial charge in [0, 0.05) is 26.4 Å². The lowest BCUT2D eigenvalue weighted by Crippen LogP contribution is -2.44. The van der Waals surface area contributed by atoms with Crippen LogP contribution < -0.4 is 11.1 Å². The van der Waals surface area contributed by atoms with Crippen LogP contribution in [0.4, 0.5) is 4.39 Å². The number of hydrogen-bond acceptors (Lipinski definition) is 6. The first-order valence-corrected chi connectivity index (χ1v) is 8.98. The molecule has 2 aromatic heterocycles. The summed E-state index contributed by atoms with van der Waals surface area (Å²) in [6.45, 7) is 1.83. The number of nitrogens with two attached hydrogens (primary N) is 1.